The second-order valence-corrected chi connectivity index (χ2v) is 4.32. The fourth-order valence-corrected chi connectivity index (χ4v) is 1.54. The number of nitro groups is 1. The van der Waals surface area contributed by atoms with E-state index in [1.54, 1.807) is 6.92 Å². The van der Waals surface area contributed by atoms with E-state index < -0.39 is 22.7 Å². The standard InChI is InChI=1S/C13H16N2O6/c1-3-21-9-4-5-11(15(19)20)10(6-9)12(16)14-7-8(2)13(17)18/h4-6,8H,3,7H2,1-2H3,(H,14,16)(H,17,18). The third-order valence-electron chi connectivity index (χ3n) is 2.71. The molecule has 0 saturated heterocycles. The number of carboxylic acids is 1. The van der Waals surface area contributed by atoms with Gasteiger partial charge in [-0.25, -0.2) is 0 Å². The third kappa shape index (κ3) is 4.44. The molecule has 8 heteroatoms. The molecule has 1 unspecified atom stereocenters. The fraction of sp³-hybridized carbons (Fsp3) is 0.385. The maximum atomic E-state index is 12.0. The highest BCUT2D eigenvalue weighted by atomic mass is 16.6. The Balaban J connectivity index is 2.96. The van der Waals surface area contributed by atoms with Gasteiger partial charge in [0, 0.05) is 12.6 Å². The number of nitrogens with zero attached hydrogens (tertiary/aromatic N) is 1. The van der Waals surface area contributed by atoms with Gasteiger partial charge in [-0.3, -0.25) is 19.7 Å². The van der Waals surface area contributed by atoms with Gasteiger partial charge in [-0.15, -0.1) is 0 Å². The molecule has 0 heterocycles. The number of carboxylic acid groups (broad SMARTS) is 1. The highest BCUT2D eigenvalue weighted by molar-refractivity contribution is 5.98. The lowest BCUT2D eigenvalue weighted by Gasteiger charge is -2.10. The smallest absolute Gasteiger partial charge is 0.308 e. The Labute approximate surface area is 120 Å². The number of hydrogen-bond donors (Lipinski definition) is 2. The Hall–Kier alpha value is -2.64. The quantitative estimate of drug-likeness (QED) is 0.580. The summed E-state index contributed by atoms with van der Waals surface area (Å²) in [5, 5.41) is 22.0. The van der Waals surface area contributed by atoms with Crippen molar-refractivity contribution in [1.29, 1.82) is 0 Å². The summed E-state index contributed by atoms with van der Waals surface area (Å²) in [6.45, 7) is 3.41. The number of nitro benzene ring substituents is 1. The molecule has 1 rings (SSSR count). The molecule has 0 aromatic heterocycles. The minimum Gasteiger partial charge on any atom is -0.494 e. The van der Waals surface area contributed by atoms with Crippen molar-refractivity contribution in [2.75, 3.05) is 13.2 Å². The number of amides is 1. The van der Waals surface area contributed by atoms with Crippen LogP contribution >= 0.6 is 0 Å². The van der Waals surface area contributed by atoms with Crippen molar-refractivity contribution >= 4 is 17.6 Å². The number of aliphatic carboxylic acids is 1. The first-order valence-electron chi connectivity index (χ1n) is 6.29. The molecule has 1 amide bonds. The van der Waals surface area contributed by atoms with Crippen molar-refractivity contribution in [1.82, 2.24) is 5.32 Å². The number of rotatable bonds is 7. The van der Waals surface area contributed by atoms with Crippen molar-refractivity contribution in [3.05, 3.63) is 33.9 Å². The first kappa shape index (κ1) is 16.4. The average Bonchev–Trinajstić information content (AvgIpc) is 2.44. The summed E-state index contributed by atoms with van der Waals surface area (Å²) >= 11 is 0. The first-order valence-corrected chi connectivity index (χ1v) is 6.29. The van der Waals surface area contributed by atoms with Crippen molar-refractivity contribution < 1.29 is 24.4 Å². The number of carbonyl (C=O) groups excluding carboxylic acids is 1. The van der Waals surface area contributed by atoms with Gasteiger partial charge < -0.3 is 15.2 Å². The van der Waals surface area contributed by atoms with Crippen LogP contribution in [0.25, 0.3) is 0 Å². The van der Waals surface area contributed by atoms with Gasteiger partial charge in [-0.2, -0.15) is 0 Å². The summed E-state index contributed by atoms with van der Waals surface area (Å²) in [5.74, 6) is -2.23. The normalized spacial score (nSPS) is 11.5. The molecular formula is C13H16N2O6. The maximum Gasteiger partial charge on any atom is 0.308 e. The van der Waals surface area contributed by atoms with E-state index >= 15 is 0 Å². The Bertz CT molecular complexity index is 558. The summed E-state index contributed by atoms with van der Waals surface area (Å²) in [5.41, 5.74) is -0.525. The minimum absolute atomic E-state index is 0.121. The van der Waals surface area contributed by atoms with Crippen LogP contribution in [-0.4, -0.2) is 35.1 Å². The van der Waals surface area contributed by atoms with E-state index in [2.05, 4.69) is 5.32 Å². The van der Waals surface area contributed by atoms with E-state index in [-0.39, 0.29) is 17.8 Å². The van der Waals surface area contributed by atoms with Crippen LogP contribution < -0.4 is 10.1 Å². The zero-order valence-corrected chi connectivity index (χ0v) is 11.7. The Morgan fingerprint density at radius 3 is 2.67 bits per heavy atom. The van der Waals surface area contributed by atoms with E-state index in [1.807, 2.05) is 0 Å². The molecule has 0 fully saturated rings. The van der Waals surface area contributed by atoms with Crippen LogP contribution in [0.15, 0.2) is 18.2 Å². The van der Waals surface area contributed by atoms with Crippen LogP contribution in [0.1, 0.15) is 24.2 Å². The zero-order valence-electron chi connectivity index (χ0n) is 11.7. The topological polar surface area (TPSA) is 119 Å². The molecule has 0 saturated carbocycles. The second kappa shape index (κ2) is 7.22. The van der Waals surface area contributed by atoms with Gasteiger partial charge >= 0.3 is 5.97 Å². The number of benzene rings is 1. The number of nitrogens with one attached hydrogen (secondary N) is 1. The van der Waals surface area contributed by atoms with Crippen LogP contribution in [0.3, 0.4) is 0 Å². The molecule has 0 aliphatic heterocycles. The van der Waals surface area contributed by atoms with Crippen molar-refractivity contribution in [2.45, 2.75) is 13.8 Å². The fourth-order valence-electron chi connectivity index (χ4n) is 1.54. The number of ether oxygens (including phenoxy) is 1. The highest BCUT2D eigenvalue weighted by Crippen LogP contribution is 2.24. The van der Waals surface area contributed by atoms with Crippen molar-refractivity contribution in [2.24, 2.45) is 5.92 Å². The largest absolute Gasteiger partial charge is 0.494 e. The average molecular weight is 296 g/mol. The molecule has 8 nitrogen and oxygen atoms in total. The third-order valence-corrected chi connectivity index (χ3v) is 2.71. The van der Waals surface area contributed by atoms with Gasteiger partial charge in [-0.1, -0.05) is 6.92 Å². The van der Waals surface area contributed by atoms with Gasteiger partial charge in [0.1, 0.15) is 11.3 Å². The number of carbonyl (C=O) groups is 2. The summed E-state index contributed by atoms with van der Waals surface area (Å²) in [6.07, 6.45) is 0. The molecule has 21 heavy (non-hydrogen) atoms. The lowest BCUT2D eigenvalue weighted by atomic mass is 10.1. The molecule has 0 aliphatic carbocycles. The van der Waals surface area contributed by atoms with Gasteiger partial charge in [0.15, 0.2) is 0 Å². The van der Waals surface area contributed by atoms with Gasteiger partial charge in [0.05, 0.1) is 17.4 Å². The number of hydrogen-bond acceptors (Lipinski definition) is 5. The van der Waals surface area contributed by atoms with Crippen LogP contribution in [-0.2, 0) is 4.79 Å². The highest BCUT2D eigenvalue weighted by Gasteiger charge is 2.22. The predicted octanol–water partition coefficient (Wildman–Crippen LogP) is 1.44. The molecule has 1 atom stereocenters. The summed E-state index contributed by atoms with van der Waals surface area (Å²) in [6, 6.07) is 3.85. The molecule has 0 aliphatic rings. The molecule has 2 N–H and O–H groups in total. The van der Waals surface area contributed by atoms with E-state index in [9.17, 15) is 19.7 Å². The SMILES string of the molecule is CCOc1ccc([N+](=O)[O-])c(C(=O)NCC(C)C(=O)O)c1. The molecule has 0 spiro atoms. The van der Waals surface area contributed by atoms with Gasteiger partial charge in [-0.05, 0) is 19.1 Å². The second-order valence-electron chi connectivity index (χ2n) is 4.32. The van der Waals surface area contributed by atoms with Gasteiger partial charge in [0.25, 0.3) is 11.6 Å². The summed E-state index contributed by atoms with van der Waals surface area (Å²) < 4.78 is 5.20. The van der Waals surface area contributed by atoms with E-state index in [0.29, 0.717) is 12.4 Å². The monoisotopic (exact) mass is 296 g/mol. The minimum atomic E-state index is -1.06. The van der Waals surface area contributed by atoms with Crippen LogP contribution in [0.4, 0.5) is 5.69 Å². The molecule has 0 bridgehead atoms. The van der Waals surface area contributed by atoms with Crippen molar-refractivity contribution in [3.8, 4) is 5.75 Å². The Morgan fingerprint density at radius 2 is 2.14 bits per heavy atom. The van der Waals surface area contributed by atoms with Crippen LogP contribution in [0.5, 0.6) is 5.75 Å². The predicted molar refractivity (Wildman–Crippen MR) is 73.4 cm³/mol. The van der Waals surface area contributed by atoms with E-state index in [0.717, 1.165) is 0 Å². The molecular weight excluding hydrogens is 280 g/mol. The molecule has 0 radical (unpaired) electrons. The van der Waals surface area contributed by atoms with E-state index in [1.165, 1.54) is 25.1 Å². The van der Waals surface area contributed by atoms with Crippen LogP contribution in [0.2, 0.25) is 0 Å². The van der Waals surface area contributed by atoms with Crippen LogP contribution in [0, 0.1) is 16.0 Å². The summed E-state index contributed by atoms with van der Waals surface area (Å²) in [7, 11) is 0. The van der Waals surface area contributed by atoms with Gasteiger partial charge in [0.2, 0.25) is 0 Å². The molecule has 1 aromatic carbocycles. The lowest BCUT2D eigenvalue weighted by Crippen LogP contribution is -2.31. The van der Waals surface area contributed by atoms with Crippen molar-refractivity contribution in [3.63, 3.8) is 0 Å². The first-order chi connectivity index (χ1) is 9.86. The lowest BCUT2D eigenvalue weighted by molar-refractivity contribution is -0.385. The van der Waals surface area contributed by atoms with E-state index in [4.69, 9.17) is 9.84 Å². The Morgan fingerprint density at radius 1 is 1.48 bits per heavy atom. The summed E-state index contributed by atoms with van der Waals surface area (Å²) in [4.78, 5) is 32.9. The molecule has 114 valence electrons. The Kier molecular flexibility index (Phi) is 5.65. The zero-order chi connectivity index (χ0) is 16.0. The maximum absolute atomic E-state index is 12.0. The molecule has 1 aromatic rings.